The Balaban J connectivity index is 1.93. The topological polar surface area (TPSA) is 101 Å². The fraction of sp³-hybridized carbons (Fsp3) is 0.286. The van der Waals surface area contributed by atoms with Crippen molar-refractivity contribution < 1.29 is 18.3 Å². The summed E-state index contributed by atoms with van der Waals surface area (Å²) in [5, 5.41) is 14.7. The van der Waals surface area contributed by atoms with Crippen LogP contribution >= 0.6 is 0 Å². The van der Waals surface area contributed by atoms with Crippen molar-refractivity contribution in [3.63, 3.8) is 0 Å². The zero-order chi connectivity index (χ0) is 15.9. The third-order valence-corrected chi connectivity index (χ3v) is 4.46. The fourth-order valence-corrected chi connectivity index (χ4v) is 3.19. The maximum atomic E-state index is 11.7. The Hall–Kier alpha value is -1.87. The molecule has 0 bridgehead atoms. The number of para-hydroxylation sites is 1. The van der Waals surface area contributed by atoms with E-state index in [9.17, 15) is 13.5 Å². The van der Waals surface area contributed by atoms with Crippen molar-refractivity contribution in [1.29, 1.82) is 0 Å². The van der Waals surface area contributed by atoms with E-state index in [1.807, 2.05) is 42.3 Å². The number of aliphatic hydroxyl groups excluding tert-OH is 1. The first-order chi connectivity index (χ1) is 10.4. The SMILES string of the molecule is CN(Cc1ccn(S(N)(=O)=O)c1C1OC1O)c1ccccc1. The Morgan fingerprint density at radius 1 is 1.32 bits per heavy atom. The fourth-order valence-electron chi connectivity index (χ4n) is 2.46. The Bertz CT molecular complexity index is 773. The number of nitrogens with two attached hydrogens (primary N) is 1. The molecule has 1 saturated heterocycles. The zero-order valence-corrected chi connectivity index (χ0v) is 12.8. The van der Waals surface area contributed by atoms with Crippen LogP contribution in [0.25, 0.3) is 0 Å². The quantitative estimate of drug-likeness (QED) is 0.783. The van der Waals surface area contributed by atoms with Crippen LogP contribution < -0.4 is 10.0 Å². The highest BCUT2D eigenvalue weighted by Crippen LogP contribution is 2.39. The number of rotatable bonds is 5. The summed E-state index contributed by atoms with van der Waals surface area (Å²) >= 11 is 0. The molecule has 8 heteroatoms. The van der Waals surface area contributed by atoms with Crippen LogP contribution in [0.4, 0.5) is 5.69 Å². The van der Waals surface area contributed by atoms with Gasteiger partial charge in [-0.2, -0.15) is 8.42 Å². The van der Waals surface area contributed by atoms with Crippen LogP contribution in [0.5, 0.6) is 0 Å². The van der Waals surface area contributed by atoms with Gasteiger partial charge in [0, 0.05) is 25.5 Å². The van der Waals surface area contributed by atoms with Crippen molar-refractivity contribution in [1.82, 2.24) is 3.97 Å². The van der Waals surface area contributed by atoms with Crippen LogP contribution in [0.3, 0.4) is 0 Å². The van der Waals surface area contributed by atoms with Crippen molar-refractivity contribution in [3.8, 4) is 0 Å². The number of ether oxygens (including phenoxy) is 1. The van der Waals surface area contributed by atoms with Gasteiger partial charge < -0.3 is 14.7 Å². The van der Waals surface area contributed by atoms with Crippen molar-refractivity contribution in [3.05, 3.63) is 53.9 Å². The lowest BCUT2D eigenvalue weighted by Gasteiger charge is -2.19. The van der Waals surface area contributed by atoms with Gasteiger partial charge in [-0.1, -0.05) is 18.2 Å². The smallest absolute Gasteiger partial charge is 0.302 e. The minimum absolute atomic E-state index is 0.373. The number of hydrogen-bond acceptors (Lipinski definition) is 5. The molecule has 2 aromatic rings. The van der Waals surface area contributed by atoms with E-state index in [4.69, 9.17) is 9.88 Å². The summed E-state index contributed by atoms with van der Waals surface area (Å²) in [6, 6.07) is 11.4. The number of aromatic nitrogens is 1. The molecule has 2 atom stereocenters. The Kier molecular flexibility index (Phi) is 3.69. The van der Waals surface area contributed by atoms with Gasteiger partial charge in [0.05, 0.1) is 5.69 Å². The first-order valence-corrected chi connectivity index (χ1v) is 8.21. The molecular formula is C14H17N3O4S. The largest absolute Gasteiger partial charge is 0.370 e. The third-order valence-electron chi connectivity index (χ3n) is 3.59. The van der Waals surface area contributed by atoms with Crippen molar-refractivity contribution >= 4 is 15.9 Å². The van der Waals surface area contributed by atoms with Gasteiger partial charge in [-0.25, -0.2) is 9.11 Å². The molecule has 3 N–H and O–H groups in total. The molecule has 0 aliphatic carbocycles. The average Bonchev–Trinajstić information content (AvgIpc) is 3.03. The van der Waals surface area contributed by atoms with Crippen molar-refractivity contribution in [2.45, 2.75) is 18.9 Å². The summed E-state index contributed by atoms with van der Waals surface area (Å²) in [5.41, 5.74) is 2.11. The first kappa shape index (κ1) is 15.0. The lowest BCUT2D eigenvalue weighted by Crippen LogP contribution is -2.24. The molecule has 1 aromatic heterocycles. The van der Waals surface area contributed by atoms with Gasteiger partial charge in [-0.15, -0.1) is 0 Å². The van der Waals surface area contributed by atoms with Crippen LogP contribution in [0.1, 0.15) is 17.4 Å². The molecule has 118 valence electrons. The lowest BCUT2D eigenvalue weighted by atomic mass is 10.1. The number of aliphatic hydroxyl groups is 1. The monoisotopic (exact) mass is 323 g/mol. The normalized spacial score (nSPS) is 20.9. The lowest BCUT2D eigenvalue weighted by molar-refractivity contribution is 0.156. The average molecular weight is 323 g/mol. The predicted octanol–water partition coefficient (Wildman–Crippen LogP) is 0.566. The second kappa shape index (κ2) is 5.40. The van der Waals surface area contributed by atoms with E-state index in [1.54, 1.807) is 6.07 Å². The van der Waals surface area contributed by atoms with Gasteiger partial charge in [-0.3, -0.25) is 0 Å². The van der Waals surface area contributed by atoms with E-state index in [1.165, 1.54) is 6.20 Å². The zero-order valence-electron chi connectivity index (χ0n) is 12.0. The summed E-state index contributed by atoms with van der Waals surface area (Å²) in [5.74, 6) is 0. The number of nitrogens with zero attached hydrogens (tertiary/aromatic N) is 2. The van der Waals surface area contributed by atoms with E-state index in [-0.39, 0.29) is 0 Å². The number of epoxide rings is 1. The Morgan fingerprint density at radius 2 is 1.95 bits per heavy atom. The molecule has 2 unspecified atom stereocenters. The second-order valence-electron chi connectivity index (χ2n) is 5.21. The van der Waals surface area contributed by atoms with Gasteiger partial charge in [0.2, 0.25) is 0 Å². The van der Waals surface area contributed by atoms with Crippen LogP contribution in [0.15, 0.2) is 42.6 Å². The van der Waals surface area contributed by atoms with Gasteiger partial charge in [-0.05, 0) is 23.8 Å². The van der Waals surface area contributed by atoms with Gasteiger partial charge in [0.15, 0.2) is 12.4 Å². The first-order valence-electron chi connectivity index (χ1n) is 6.71. The predicted molar refractivity (Wildman–Crippen MR) is 81.3 cm³/mol. The molecule has 2 heterocycles. The summed E-state index contributed by atoms with van der Waals surface area (Å²) in [6.07, 6.45) is -0.267. The molecule has 1 aromatic carbocycles. The number of hydrogen-bond donors (Lipinski definition) is 2. The molecule has 0 amide bonds. The highest BCUT2D eigenvalue weighted by atomic mass is 32.2. The Labute approximate surface area is 128 Å². The highest BCUT2D eigenvalue weighted by Gasteiger charge is 2.43. The molecule has 22 heavy (non-hydrogen) atoms. The van der Waals surface area contributed by atoms with E-state index >= 15 is 0 Å². The standard InChI is InChI=1S/C14H17N3O4S/c1-16(11-5-3-2-4-6-11)9-10-7-8-17(22(15,19)20)12(10)13-14(18)21-13/h2-8,13-14,18H,9H2,1H3,(H2,15,19,20). The third kappa shape index (κ3) is 2.86. The van der Waals surface area contributed by atoms with Crippen LogP contribution in [0, 0.1) is 0 Å². The van der Waals surface area contributed by atoms with E-state index < -0.39 is 22.6 Å². The molecule has 0 radical (unpaired) electrons. The Morgan fingerprint density at radius 3 is 2.50 bits per heavy atom. The summed E-state index contributed by atoms with van der Waals surface area (Å²) in [4.78, 5) is 1.97. The van der Waals surface area contributed by atoms with Crippen molar-refractivity contribution in [2.24, 2.45) is 5.14 Å². The number of benzene rings is 1. The van der Waals surface area contributed by atoms with Crippen LogP contribution in [0.2, 0.25) is 0 Å². The van der Waals surface area contributed by atoms with E-state index in [2.05, 4.69) is 0 Å². The molecular weight excluding hydrogens is 306 g/mol. The summed E-state index contributed by atoms with van der Waals surface area (Å²) < 4.78 is 29.3. The summed E-state index contributed by atoms with van der Waals surface area (Å²) in [6.45, 7) is 0.467. The maximum absolute atomic E-state index is 11.7. The molecule has 1 aliphatic rings. The van der Waals surface area contributed by atoms with E-state index in [0.29, 0.717) is 12.2 Å². The molecule has 7 nitrogen and oxygen atoms in total. The maximum Gasteiger partial charge on any atom is 0.302 e. The molecule has 0 spiro atoms. The number of anilines is 1. The van der Waals surface area contributed by atoms with Crippen LogP contribution in [-0.2, 0) is 21.5 Å². The molecule has 1 fully saturated rings. The summed E-state index contributed by atoms with van der Waals surface area (Å²) in [7, 11) is -2.03. The van der Waals surface area contributed by atoms with Crippen LogP contribution in [-0.4, -0.2) is 30.8 Å². The van der Waals surface area contributed by atoms with Gasteiger partial charge >= 0.3 is 10.2 Å². The molecule has 3 rings (SSSR count). The molecule has 0 saturated carbocycles. The van der Waals surface area contributed by atoms with Gasteiger partial charge in [0.25, 0.3) is 0 Å². The van der Waals surface area contributed by atoms with Crippen molar-refractivity contribution in [2.75, 3.05) is 11.9 Å². The molecule has 1 aliphatic heterocycles. The minimum Gasteiger partial charge on any atom is -0.370 e. The minimum atomic E-state index is -3.93. The second-order valence-corrected chi connectivity index (χ2v) is 6.63. The van der Waals surface area contributed by atoms with Gasteiger partial charge in [0.1, 0.15) is 0 Å². The van der Waals surface area contributed by atoms with E-state index in [0.717, 1.165) is 15.2 Å². The highest BCUT2D eigenvalue weighted by molar-refractivity contribution is 7.87.